The van der Waals surface area contributed by atoms with Crippen LogP contribution in [0.4, 0.5) is 0 Å². The molecule has 4 heteroatoms. The molecule has 0 bridgehead atoms. The van der Waals surface area contributed by atoms with Crippen LogP contribution in [0.3, 0.4) is 0 Å². The van der Waals surface area contributed by atoms with E-state index in [0.29, 0.717) is 0 Å². The van der Waals surface area contributed by atoms with E-state index in [4.69, 9.17) is 4.74 Å². The molecule has 84 valence electrons. The van der Waals surface area contributed by atoms with E-state index in [1.54, 1.807) is 0 Å². The second-order valence-electron chi connectivity index (χ2n) is 4.23. The van der Waals surface area contributed by atoms with E-state index in [1.165, 1.54) is 22.1 Å². The number of nitrogens with zero attached hydrogens (tertiary/aromatic N) is 2. The third-order valence-corrected chi connectivity index (χ3v) is 4.63. The van der Waals surface area contributed by atoms with Crippen molar-refractivity contribution in [2.24, 2.45) is 5.92 Å². The van der Waals surface area contributed by atoms with Crippen LogP contribution >= 0.6 is 22.6 Å². The first kappa shape index (κ1) is 11.4. The van der Waals surface area contributed by atoms with E-state index < -0.39 is 0 Å². The molecular formula is C11H17IN2O. The number of halogens is 1. The summed E-state index contributed by atoms with van der Waals surface area (Å²) in [5, 5.41) is 4.54. The minimum absolute atomic E-state index is 0.742. The van der Waals surface area contributed by atoms with Crippen LogP contribution in [0.5, 0.6) is 0 Å². The molecule has 2 rings (SSSR count). The second-order valence-corrected chi connectivity index (χ2v) is 5.30. The second kappa shape index (κ2) is 4.82. The van der Waals surface area contributed by atoms with Gasteiger partial charge in [0, 0.05) is 25.5 Å². The fourth-order valence-electron chi connectivity index (χ4n) is 2.01. The summed E-state index contributed by atoms with van der Waals surface area (Å²) in [6.07, 6.45) is 2.41. The number of aromatic nitrogens is 2. The summed E-state index contributed by atoms with van der Waals surface area (Å²) < 4.78 is 8.81. The molecule has 1 aliphatic rings. The molecule has 1 unspecified atom stereocenters. The van der Waals surface area contributed by atoms with E-state index in [1.807, 2.05) is 0 Å². The number of ether oxygens (including phenoxy) is 1. The van der Waals surface area contributed by atoms with Gasteiger partial charge in [0.1, 0.15) is 0 Å². The lowest BCUT2D eigenvalue weighted by atomic mass is 10.1. The first-order valence-corrected chi connectivity index (χ1v) is 6.53. The van der Waals surface area contributed by atoms with Crippen molar-refractivity contribution in [3.8, 4) is 0 Å². The molecule has 1 atom stereocenters. The van der Waals surface area contributed by atoms with Crippen LogP contribution in [0.25, 0.3) is 0 Å². The van der Waals surface area contributed by atoms with Gasteiger partial charge in [-0.25, -0.2) is 0 Å². The minimum atomic E-state index is 0.742. The maximum Gasteiger partial charge on any atom is 0.0729 e. The van der Waals surface area contributed by atoms with Crippen molar-refractivity contribution in [1.29, 1.82) is 0 Å². The summed E-state index contributed by atoms with van der Waals surface area (Å²) in [4.78, 5) is 0. The van der Waals surface area contributed by atoms with Crippen LogP contribution in [0.15, 0.2) is 0 Å². The Morgan fingerprint density at radius 2 is 2.33 bits per heavy atom. The van der Waals surface area contributed by atoms with E-state index in [0.717, 1.165) is 31.4 Å². The number of hydrogen-bond donors (Lipinski definition) is 0. The summed E-state index contributed by atoms with van der Waals surface area (Å²) >= 11 is 2.37. The van der Waals surface area contributed by atoms with E-state index in [-0.39, 0.29) is 0 Å². The lowest BCUT2D eigenvalue weighted by molar-refractivity contribution is 0.183. The Kier molecular flexibility index (Phi) is 3.66. The van der Waals surface area contributed by atoms with Gasteiger partial charge in [-0.3, -0.25) is 4.68 Å². The van der Waals surface area contributed by atoms with Crippen LogP contribution in [-0.4, -0.2) is 23.0 Å². The van der Waals surface area contributed by atoms with Crippen molar-refractivity contribution in [2.75, 3.05) is 13.2 Å². The Labute approximate surface area is 104 Å². The number of aryl methyl sites for hydroxylation is 2. The minimum Gasteiger partial charge on any atom is -0.381 e. The Bertz CT molecular complexity index is 343. The van der Waals surface area contributed by atoms with Crippen molar-refractivity contribution in [3.63, 3.8) is 0 Å². The summed E-state index contributed by atoms with van der Waals surface area (Å²) in [7, 11) is 0. The third-order valence-electron chi connectivity index (χ3n) is 3.07. The SMILES string of the molecule is Cc1nn(CCC2CCOC2)c(C)c1I. The molecule has 0 aromatic carbocycles. The molecule has 0 radical (unpaired) electrons. The van der Waals surface area contributed by atoms with Gasteiger partial charge < -0.3 is 4.74 Å². The molecule has 3 nitrogen and oxygen atoms in total. The van der Waals surface area contributed by atoms with Crippen molar-refractivity contribution >= 4 is 22.6 Å². The quantitative estimate of drug-likeness (QED) is 0.800. The number of hydrogen-bond acceptors (Lipinski definition) is 2. The molecule has 15 heavy (non-hydrogen) atoms. The summed E-state index contributed by atoms with van der Waals surface area (Å²) in [6.45, 7) is 7.14. The maximum absolute atomic E-state index is 5.37. The summed E-state index contributed by atoms with van der Waals surface area (Å²) in [6, 6.07) is 0. The fraction of sp³-hybridized carbons (Fsp3) is 0.727. The van der Waals surface area contributed by atoms with Crippen LogP contribution in [0.2, 0.25) is 0 Å². The topological polar surface area (TPSA) is 27.1 Å². The van der Waals surface area contributed by atoms with Crippen LogP contribution in [0.1, 0.15) is 24.2 Å². The van der Waals surface area contributed by atoms with Crippen LogP contribution < -0.4 is 0 Å². The van der Waals surface area contributed by atoms with Crippen LogP contribution in [0, 0.1) is 23.3 Å². The van der Waals surface area contributed by atoms with Crippen LogP contribution in [-0.2, 0) is 11.3 Å². The zero-order chi connectivity index (χ0) is 10.8. The molecule has 0 spiro atoms. The first-order valence-electron chi connectivity index (χ1n) is 5.45. The Balaban J connectivity index is 1.95. The normalized spacial score (nSPS) is 21.1. The molecule has 0 aliphatic carbocycles. The van der Waals surface area contributed by atoms with Gasteiger partial charge in [-0.05, 0) is 55.2 Å². The first-order chi connectivity index (χ1) is 7.18. The zero-order valence-corrected chi connectivity index (χ0v) is 11.5. The maximum atomic E-state index is 5.37. The summed E-state index contributed by atoms with van der Waals surface area (Å²) in [5.74, 6) is 0.742. The van der Waals surface area contributed by atoms with Gasteiger partial charge in [0.25, 0.3) is 0 Å². The highest BCUT2D eigenvalue weighted by Gasteiger charge is 2.16. The average Bonchev–Trinajstić information content (AvgIpc) is 2.80. The number of rotatable bonds is 3. The lowest BCUT2D eigenvalue weighted by Crippen LogP contribution is -2.08. The van der Waals surface area contributed by atoms with Crippen molar-refractivity contribution in [2.45, 2.75) is 33.2 Å². The van der Waals surface area contributed by atoms with Gasteiger partial charge in [-0.2, -0.15) is 5.10 Å². The molecule has 1 aromatic rings. The third kappa shape index (κ3) is 2.53. The highest BCUT2D eigenvalue weighted by molar-refractivity contribution is 14.1. The summed E-state index contributed by atoms with van der Waals surface area (Å²) in [5.41, 5.74) is 2.45. The molecule has 1 fully saturated rings. The molecule has 2 heterocycles. The lowest BCUT2D eigenvalue weighted by Gasteiger charge is -2.08. The monoisotopic (exact) mass is 320 g/mol. The predicted octanol–water partition coefficient (Wildman–Crippen LogP) is 2.53. The van der Waals surface area contributed by atoms with E-state index in [9.17, 15) is 0 Å². The van der Waals surface area contributed by atoms with Gasteiger partial charge >= 0.3 is 0 Å². The van der Waals surface area contributed by atoms with Gasteiger partial charge in [-0.1, -0.05) is 0 Å². The largest absolute Gasteiger partial charge is 0.381 e. The highest BCUT2D eigenvalue weighted by atomic mass is 127. The Hall–Kier alpha value is -0.100. The molecule has 1 aromatic heterocycles. The Morgan fingerprint density at radius 1 is 1.53 bits per heavy atom. The van der Waals surface area contributed by atoms with Gasteiger partial charge in [-0.15, -0.1) is 0 Å². The van der Waals surface area contributed by atoms with Gasteiger partial charge in [0.2, 0.25) is 0 Å². The van der Waals surface area contributed by atoms with Gasteiger partial charge in [0.15, 0.2) is 0 Å². The molecule has 0 N–H and O–H groups in total. The van der Waals surface area contributed by atoms with Crippen molar-refractivity contribution < 1.29 is 4.74 Å². The van der Waals surface area contributed by atoms with Crippen molar-refractivity contribution in [1.82, 2.24) is 9.78 Å². The molecule has 0 amide bonds. The standard InChI is InChI=1S/C11H17IN2O/c1-8-11(12)9(2)14(13-8)5-3-10-4-6-15-7-10/h10H,3-7H2,1-2H3. The smallest absolute Gasteiger partial charge is 0.0729 e. The van der Waals surface area contributed by atoms with Gasteiger partial charge in [0.05, 0.1) is 9.26 Å². The molecule has 1 saturated heterocycles. The molecular weight excluding hydrogens is 303 g/mol. The molecule has 1 aliphatic heterocycles. The fourth-order valence-corrected chi connectivity index (χ4v) is 2.39. The average molecular weight is 320 g/mol. The van der Waals surface area contributed by atoms with Crippen molar-refractivity contribution in [3.05, 3.63) is 15.0 Å². The van der Waals surface area contributed by atoms with E-state index >= 15 is 0 Å². The van der Waals surface area contributed by atoms with E-state index in [2.05, 4.69) is 46.2 Å². The molecule has 0 saturated carbocycles. The predicted molar refractivity (Wildman–Crippen MR) is 68.0 cm³/mol. The highest BCUT2D eigenvalue weighted by Crippen LogP contribution is 2.19. The Morgan fingerprint density at radius 3 is 2.87 bits per heavy atom. The zero-order valence-electron chi connectivity index (χ0n) is 9.29.